The molecule has 1 aromatic carbocycles. The lowest BCUT2D eigenvalue weighted by molar-refractivity contribution is 0.621. The van der Waals surface area contributed by atoms with Gasteiger partial charge in [-0.3, -0.25) is 4.21 Å². The Kier molecular flexibility index (Phi) is 3.79. The van der Waals surface area contributed by atoms with Gasteiger partial charge in [0.1, 0.15) is 5.82 Å². The van der Waals surface area contributed by atoms with Gasteiger partial charge >= 0.3 is 0 Å². The Hall–Kier alpha value is -0.940. The molecule has 2 rings (SSSR count). The van der Waals surface area contributed by atoms with Crippen LogP contribution in [-0.4, -0.2) is 28.8 Å². The highest BCUT2D eigenvalue weighted by Crippen LogP contribution is 2.27. The van der Waals surface area contributed by atoms with Crippen LogP contribution in [0.1, 0.15) is 18.5 Å². The number of hydrogen-bond donors (Lipinski definition) is 1. The van der Waals surface area contributed by atoms with Gasteiger partial charge in [0, 0.05) is 47.1 Å². The molecule has 1 aliphatic rings. The maximum atomic E-state index is 13.2. The van der Waals surface area contributed by atoms with Crippen molar-refractivity contribution in [2.24, 2.45) is 5.73 Å². The average molecular weight is 256 g/mol. The Morgan fingerprint density at radius 3 is 2.65 bits per heavy atom. The van der Waals surface area contributed by atoms with Crippen molar-refractivity contribution in [3.05, 3.63) is 29.6 Å². The Labute approximate surface area is 103 Å². The lowest BCUT2D eigenvalue weighted by Crippen LogP contribution is -2.38. The molecule has 94 valence electrons. The Morgan fingerprint density at radius 2 is 2.06 bits per heavy atom. The molecule has 0 amide bonds. The first kappa shape index (κ1) is 12.5. The van der Waals surface area contributed by atoms with Crippen molar-refractivity contribution < 1.29 is 8.60 Å². The van der Waals surface area contributed by atoms with E-state index in [1.165, 1.54) is 12.1 Å². The zero-order valence-electron chi connectivity index (χ0n) is 9.86. The zero-order valence-corrected chi connectivity index (χ0v) is 10.7. The van der Waals surface area contributed by atoms with Crippen LogP contribution in [0.4, 0.5) is 10.1 Å². The van der Waals surface area contributed by atoms with Gasteiger partial charge in [0.2, 0.25) is 0 Å². The van der Waals surface area contributed by atoms with E-state index in [0.717, 1.165) is 24.3 Å². The fourth-order valence-electron chi connectivity index (χ4n) is 2.06. The number of benzene rings is 1. The van der Waals surface area contributed by atoms with Crippen molar-refractivity contribution >= 4 is 16.5 Å². The van der Waals surface area contributed by atoms with Crippen LogP contribution in [0.15, 0.2) is 18.2 Å². The van der Waals surface area contributed by atoms with E-state index in [0.29, 0.717) is 11.5 Å². The summed E-state index contributed by atoms with van der Waals surface area (Å²) in [5, 5.41) is 0. The molecule has 5 heteroatoms. The van der Waals surface area contributed by atoms with E-state index in [9.17, 15) is 8.60 Å². The highest BCUT2D eigenvalue weighted by molar-refractivity contribution is 7.85. The van der Waals surface area contributed by atoms with Gasteiger partial charge < -0.3 is 10.6 Å². The largest absolute Gasteiger partial charge is 0.369 e. The molecule has 0 spiro atoms. The summed E-state index contributed by atoms with van der Waals surface area (Å²) in [6.45, 7) is 3.34. The number of rotatable bonds is 2. The summed E-state index contributed by atoms with van der Waals surface area (Å²) in [7, 11) is -0.703. The molecule has 1 fully saturated rings. The normalized spacial score (nSPS) is 19.4. The summed E-state index contributed by atoms with van der Waals surface area (Å²) in [6, 6.07) is 4.51. The number of anilines is 1. The first-order chi connectivity index (χ1) is 8.08. The molecule has 1 heterocycles. The second kappa shape index (κ2) is 5.14. The molecular weight excluding hydrogens is 239 g/mol. The van der Waals surface area contributed by atoms with Crippen molar-refractivity contribution in [3.63, 3.8) is 0 Å². The van der Waals surface area contributed by atoms with Crippen LogP contribution in [0.5, 0.6) is 0 Å². The van der Waals surface area contributed by atoms with Gasteiger partial charge in [0.05, 0.1) is 0 Å². The number of hydrogen-bond acceptors (Lipinski definition) is 3. The molecule has 1 saturated heterocycles. The SMILES string of the molecule is C[C@@H](N)c1cc(F)ccc1N1CCS(=O)CC1. The third-order valence-corrected chi connectivity index (χ3v) is 4.27. The molecule has 2 N–H and O–H groups in total. The number of halogens is 1. The summed E-state index contributed by atoms with van der Waals surface area (Å²) < 4.78 is 24.5. The predicted octanol–water partition coefficient (Wildman–Crippen LogP) is 1.41. The molecule has 1 aliphatic heterocycles. The summed E-state index contributed by atoms with van der Waals surface area (Å²) in [4.78, 5) is 2.14. The molecule has 0 saturated carbocycles. The summed E-state index contributed by atoms with van der Waals surface area (Å²) in [5.74, 6) is 1.09. The number of nitrogens with zero attached hydrogens (tertiary/aromatic N) is 1. The van der Waals surface area contributed by atoms with E-state index in [2.05, 4.69) is 4.90 Å². The van der Waals surface area contributed by atoms with Gasteiger partial charge in [-0.25, -0.2) is 4.39 Å². The molecule has 0 unspecified atom stereocenters. The maximum Gasteiger partial charge on any atom is 0.123 e. The molecule has 1 atom stereocenters. The molecule has 17 heavy (non-hydrogen) atoms. The Bertz CT molecular complexity index is 427. The fraction of sp³-hybridized carbons (Fsp3) is 0.500. The lowest BCUT2D eigenvalue weighted by Gasteiger charge is -2.31. The van der Waals surface area contributed by atoms with Crippen LogP contribution in [0, 0.1) is 5.82 Å². The van der Waals surface area contributed by atoms with Crippen LogP contribution in [0.2, 0.25) is 0 Å². The zero-order chi connectivity index (χ0) is 12.4. The van der Waals surface area contributed by atoms with E-state index in [4.69, 9.17) is 5.73 Å². The van der Waals surface area contributed by atoms with Gasteiger partial charge in [-0.2, -0.15) is 0 Å². The first-order valence-electron chi connectivity index (χ1n) is 5.73. The molecule has 3 nitrogen and oxygen atoms in total. The van der Waals surface area contributed by atoms with E-state index < -0.39 is 10.8 Å². The van der Waals surface area contributed by atoms with Crippen LogP contribution in [0.25, 0.3) is 0 Å². The van der Waals surface area contributed by atoms with E-state index in [1.54, 1.807) is 6.07 Å². The molecular formula is C12H17FN2OS. The second-order valence-corrected chi connectivity index (χ2v) is 6.02. The third kappa shape index (κ3) is 2.84. The Balaban J connectivity index is 2.28. The van der Waals surface area contributed by atoms with Crippen LogP contribution < -0.4 is 10.6 Å². The molecule has 1 aromatic rings. The standard InChI is InChI=1S/C12H17FN2OS/c1-9(14)11-8-10(13)2-3-12(11)15-4-6-17(16)7-5-15/h2-3,8-9H,4-7,14H2,1H3/t9-/m1/s1. The average Bonchev–Trinajstić information content (AvgIpc) is 2.30. The molecule has 0 bridgehead atoms. The van der Waals surface area contributed by atoms with Gasteiger partial charge in [-0.1, -0.05) is 0 Å². The molecule has 0 radical (unpaired) electrons. The van der Waals surface area contributed by atoms with Crippen molar-refractivity contribution in [2.45, 2.75) is 13.0 Å². The minimum absolute atomic E-state index is 0.201. The smallest absolute Gasteiger partial charge is 0.123 e. The van der Waals surface area contributed by atoms with Gasteiger partial charge in [-0.05, 0) is 30.7 Å². The lowest BCUT2D eigenvalue weighted by atomic mass is 10.1. The van der Waals surface area contributed by atoms with Crippen LogP contribution in [0.3, 0.4) is 0 Å². The Morgan fingerprint density at radius 1 is 1.41 bits per heavy atom. The van der Waals surface area contributed by atoms with E-state index >= 15 is 0 Å². The van der Waals surface area contributed by atoms with Crippen molar-refractivity contribution in [3.8, 4) is 0 Å². The quantitative estimate of drug-likeness (QED) is 0.870. The van der Waals surface area contributed by atoms with Crippen molar-refractivity contribution in [2.75, 3.05) is 29.5 Å². The highest BCUT2D eigenvalue weighted by Gasteiger charge is 2.19. The topological polar surface area (TPSA) is 46.3 Å². The van der Waals surface area contributed by atoms with E-state index in [-0.39, 0.29) is 11.9 Å². The van der Waals surface area contributed by atoms with Crippen LogP contribution in [-0.2, 0) is 10.8 Å². The summed E-state index contributed by atoms with van der Waals surface area (Å²) in [5.41, 5.74) is 7.65. The maximum absolute atomic E-state index is 13.2. The predicted molar refractivity (Wildman–Crippen MR) is 69.1 cm³/mol. The van der Waals surface area contributed by atoms with Crippen LogP contribution >= 0.6 is 0 Å². The minimum Gasteiger partial charge on any atom is -0.369 e. The van der Waals surface area contributed by atoms with Crippen molar-refractivity contribution in [1.29, 1.82) is 0 Å². The number of nitrogens with two attached hydrogens (primary N) is 1. The highest BCUT2D eigenvalue weighted by atomic mass is 32.2. The second-order valence-electron chi connectivity index (χ2n) is 4.33. The van der Waals surface area contributed by atoms with Gasteiger partial charge in [-0.15, -0.1) is 0 Å². The molecule has 0 aromatic heterocycles. The van der Waals surface area contributed by atoms with Gasteiger partial charge in [0.15, 0.2) is 0 Å². The minimum atomic E-state index is -0.703. The summed E-state index contributed by atoms with van der Waals surface area (Å²) >= 11 is 0. The summed E-state index contributed by atoms with van der Waals surface area (Å²) in [6.07, 6.45) is 0. The third-order valence-electron chi connectivity index (χ3n) is 3.00. The first-order valence-corrected chi connectivity index (χ1v) is 7.21. The van der Waals surface area contributed by atoms with Gasteiger partial charge in [0.25, 0.3) is 0 Å². The fourth-order valence-corrected chi connectivity index (χ4v) is 3.11. The van der Waals surface area contributed by atoms with E-state index in [1.807, 2.05) is 6.92 Å². The van der Waals surface area contributed by atoms with Crippen molar-refractivity contribution in [1.82, 2.24) is 0 Å². The molecule has 0 aliphatic carbocycles. The monoisotopic (exact) mass is 256 g/mol.